The lowest BCUT2D eigenvalue weighted by atomic mass is 10.1. The van der Waals surface area contributed by atoms with E-state index >= 15 is 0 Å². The normalized spacial score (nSPS) is 14.7. The third kappa shape index (κ3) is 2.34. The minimum absolute atomic E-state index is 0.243. The first-order valence-corrected chi connectivity index (χ1v) is 6.29. The molecule has 0 bridgehead atoms. The second kappa shape index (κ2) is 5.09. The van der Waals surface area contributed by atoms with Gasteiger partial charge in [0.15, 0.2) is 0 Å². The van der Waals surface area contributed by atoms with Crippen LogP contribution in [0.4, 0.5) is 11.4 Å². The van der Waals surface area contributed by atoms with Gasteiger partial charge >= 0.3 is 0 Å². The molecule has 0 saturated carbocycles. The van der Waals surface area contributed by atoms with Crippen molar-refractivity contribution in [3.63, 3.8) is 0 Å². The number of fused-ring (bicyclic) bond motifs is 1. The summed E-state index contributed by atoms with van der Waals surface area (Å²) in [6, 6.07) is 10.3. The fourth-order valence-electron chi connectivity index (χ4n) is 2.13. The summed E-state index contributed by atoms with van der Waals surface area (Å²) in [7, 11) is 0. The SMILES string of the molecule is NC(=O)c1ccccc1NC=C1C(=O)Nc2cccnc21. The second-order valence-electron chi connectivity index (χ2n) is 4.47. The molecule has 21 heavy (non-hydrogen) atoms. The van der Waals surface area contributed by atoms with Crippen LogP contribution in [0, 0.1) is 0 Å². The number of carbonyl (C=O) groups excluding carboxylic acids is 2. The van der Waals surface area contributed by atoms with Gasteiger partial charge in [-0.15, -0.1) is 0 Å². The van der Waals surface area contributed by atoms with E-state index in [1.54, 1.807) is 42.6 Å². The number of primary amides is 1. The van der Waals surface area contributed by atoms with Gasteiger partial charge in [-0.3, -0.25) is 14.6 Å². The Morgan fingerprint density at radius 3 is 2.86 bits per heavy atom. The molecule has 2 aromatic rings. The molecule has 1 aliphatic rings. The van der Waals surface area contributed by atoms with Gasteiger partial charge in [0.2, 0.25) is 0 Å². The number of amides is 2. The molecule has 1 aromatic carbocycles. The van der Waals surface area contributed by atoms with Crippen LogP contribution in [0.2, 0.25) is 0 Å². The second-order valence-corrected chi connectivity index (χ2v) is 4.47. The Morgan fingerprint density at radius 2 is 2.05 bits per heavy atom. The number of para-hydroxylation sites is 1. The van der Waals surface area contributed by atoms with Crippen LogP contribution in [0.25, 0.3) is 5.57 Å². The van der Waals surface area contributed by atoms with E-state index in [1.807, 2.05) is 0 Å². The zero-order valence-electron chi connectivity index (χ0n) is 11.0. The van der Waals surface area contributed by atoms with Gasteiger partial charge in [-0.05, 0) is 24.3 Å². The molecule has 0 fully saturated rings. The summed E-state index contributed by atoms with van der Waals surface area (Å²) in [4.78, 5) is 27.4. The van der Waals surface area contributed by atoms with Crippen molar-refractivity contribution in [1.29, 1.82) is 0 Å². The molecule has 6 nitrogen and oxygen atoms in total. The van der Waals surface area contributed by atoms with E-state index in [1.165, 1.54) is 6.20 Å². The minimum atomic E-state index is -0.536. The largest absolute Gasteiger partial charge is 0.366 e. The molecule has 6 heteroatoms. The summed E-state index contributed by atoms with van der Waals surface area (Å²) in [5, 5.41) is 5.66. The monoisotopic (exact) mass is 280 g/mol. The van der Waals surface area contributed by atoms with E-state index in [9.17, 15) is 9.59 Å². The van der Waals surface area contributed by atoms with Gasteiger partial charge in [-0.2, -0.15) is 0 Å². The van der Waals surface area contributed by atoms with E-state index in [0.717, 1.165) is 0 Å². The summed E-state index contributed by atoms with van der Waals surface area (Å²) in [5.41, 5.74) is 7.85. The van der Waals surface area contributed by atoms with E-state index in [2.05, 4.69) is 15.6 Å². The Balaban J connectivity index is 1.94. The van der Waals surface area contributed by atoms with Crippen molar-refractivity contribution in [1.82, 2.24) is 4.98 Å². The Hall–Kier alpha value is -3.15. The highest BCUT2D eigenvalue weighted by molar-refractivity contribution is 6.31. The van der Waals surface area contributed by atoms with Gasteiger partial charge in [-0.1, -0.05) is 12.1 Å². The highest BCUT2D eigenvalue weighted by atomic mass is 16.2. The molecule has 4 N–H and O–H groups in total. The smallest absolute Gasteiger partial charge is 0.259 e. The van der Waals surface area contributed by atoms with Crippen LogP contribution in [0.1, 0.15) is 16.1 Å². The number of hydrogen-bond donors (Lipinski definition) is 3. The molecule has 2 amide bonds. The van der Waals surface area contributed by atoms with Gasteiger partial charge in [-0.25, -0.2) is 0 Å². The van der Waals surface area contributed by atoms with Gasteiger partial charge in [0, 0.05) is 12.4 Å². The highest BCUT2D eigenvalue weighted by Gasteiger charge is 2.25. The fraction of sp³-hybridized carbons (Fsp3) is 0. The molecule has 0 atom stereocenters. The van der Waals surface area contributed by atoms with Crippen molar-refractivity contribution in [3.8, 4) is 0 Å². The molecular weight excluding hydrogens is 268 g/mol. The van der Waals surface area contributed by atoms with E-state index < -0.39 is 5.91 Å². The van der Waals surface area contributed by atoms with Crippen LogP contribution in [0.3, 0.4) is 0 Å². The number of nitrogens with one attached hydrogen (secondary N) is 2. The number of pyridine rings is 1. The van der Waals surface area contributed by atoms with Crippen LogP contribution in [-0.4, -0.2) is 16.8 Å². The van der Waals surface area contributed by atoms with Crippen LogP contribution in [0.15, 0.2) is 48.8 Å². The molecule has 2 heterocycles. The maximum absolute atomic E-state index is 11.9. The summed E-state index contributed by atoms with van der Waals surface area (Å²) < 4.78 is 0. The number of nitrogens with zero attached hydrogens (tertiary/aromatic N) is 1. The van der Waals surface area contributed by atoms with Crippen LogP contribution < -0.4 is 16.4 Å². The lowest BCUT2D eigenvalue weighted by molar-refractivity contribution is -0.110. The number of carbonyl (C=O) groups is 2. The van der Waals surface area contributed by atoms with Crippen molar-refractivity contribution in [2.75, 3.05) is 10.6 Å². The first-order valence-electron chi connectivity index (χ1n) is 6.29. The molecular formula is C15H12N4O2. The third-order valence-corrected chi connectivity index (χ3v) is 3.12. The van der Waals surface area contributed by atoms with Gasteiger partial charge in [0.1, 0.15) is 5.69 Å². The molecule has 0 radical (unpaired) electrons. The standard InChI is InChI=1S/C15H12N4O2/c16-14(20)9-4-1-2-5-11(9)18-8-10-13-12(19-15(10)21)6-3-7-17-13/h1-8,18H,(H2,16,20)(H,19,21). The lowest BCUT2D eigenvalue weighted by Crippen LogP contribution is -2.13. The highest BCUT2D eigenvalue weighted by Crippen LogP contribution is 2.29. The summed E-state index contributed by atoms with van der Waals surface area (Å²) in [6.07, 6.45) is 3.14. The Kier molecular flexibility index (Phi) is 3.12. The third-order valence-electron chi connectivity index (χ3n) is 3.12. The molecule has 0 aliphatic carbocycles. The van der Waals surface area contributed by atoms with Crippen molar-refractivity contribution in [2.24, 2.45) is 5.73 Å². The van der Waals surface area contributed by atoms with Gasteiger partial charge in [0.25, 0.3) is 11.8 Å². The van der Waals surface area contributed by atoms with Gasteiger partial charge < -0.3 is 16.4 Å². The van der Waals surface area contributed by atoms with Crippen LogP contribution in [0.5, 0.6) is 0 Å². The van der Waals surface area contributed by atoms with Crippen LogP contribution >= 0.6 is 0 Å². The molecule has 1 aromatic heterocycles. The topological polar surface area (TPSA) is 97.1 Å². The molecule has 0 unspecified atom stereocenters. The minimum Gasteiger partial charge on any atom is -0.366 e. The number of benzene rings is 1. The summed E-state index contributed by atoms with van der Waals surface area (Å²) in [5.74, 6) is -0.779. The maximum Gasteiger partial charge on any atom is 0.259 e. The fourth-order valence-corrected chi connectivity index (χ4v) is 2.13. The van der Waals surface area contributed by atoms with E-state index in [4.69, 9.17) is 5.73 Å². The van der Waals surface area contributed by atoms with E-state index in [-0.39, 0.29) is 5.91 Å². The van der Waals surface area contributed by atoms with Crippen molar-refractivity contribution < 1.29 is 9.59 Å². The van der Waals surface area contributed by atoms with E-state index in [0.29, 0.717) is 28.2 Å². The zero-order valence-corrected chi connectivity index (χ0v) is 11.0. The zero-order chi connectivity index (χ0) is 14.8. The number of aromatic nitrogens is 1. The first kappa shape index (κ1) is 12.9. The van der Waals surface area contributed by atoms with Crippen molar-refractivity contribution in [2.45, 2.75) is 0 Å². The molecule has 3 rings (SSSR count). The van der Waals surface area contributed by atoms with Crippen molar-refractivity contribution >= 4 is 28.8 Å². The summed E-state index contributed by atoms with van der Waals surface area (Å²) in [6.45, 7) is 0. The Labute approximate surface area is 120 Å². The van der Waals surface area contributed by atoms with Gasteiger partial charge in [0.05, 0.1) is 22.5 Å². The van der Waals surface area contributed by atoms with Crippen molar-refractivity contribution in [3.05, 3.63) is 60.1 Å². The first-order chi connectivity index (χ1) is 10.2. The Bertz CT molecular complexity index is 768. The number of hydrogen-bond acceptors (Lipinski definition) is 4. The lowest BCUT2D eigenvalue weighted by Gasteiger charge is -2.06. The predicted molar refractivity (Wildman–Crippen MR) is 79.4 cm³/mol. The average Bonchev–Trinajstić information content (AvgIpc) is 2.81. The molecule has 0 saturated heterocycles. The average molecular weight is 280 g/mol. The summed E-state index contributed by atoms with van der Waals surface area (Å²) >= 11 is 0. The molecule has 0 spiro atoms. The molecule has 104 valence electrons. The number of rotatable bonds is 3. The number of nitrogens with two attached hydrogens (primary N) is 1. The maximum atomic E-state index is 11.9. The molecule has 1 aliphatic heterocycles. The predicted octanol–water partition coefficient (Wildman–Crippen LogP) is 1.59. The number of anilines is 2. The quantitative estimate of drug-likeness (QED) is 0.744. The van der Waals surface area contributed by atoms with Crippen LogP contribution in [-0.2, 0) is 4.79 Å². The Morgan fingerprint density at radius 1 is 1.24 bits per heavy atom.